The van der Waals surface area contributed by atoms with E-state index in [9.17, 15) is 14.9 Å². The number of rotatable bonds is 7. The van der Waals surface area contributed by atoms with Gasteiger partial charge in [0.15, 0.2) is 5.11 Å². The normalized spacial score (nSPS) is 9.88. The lowest BCUT2D eigenvalue weighted by atomic mass is 10.2. The number of nitrogens with one attached hydrogen (secondary N) is 3. The van der Waals surface area contributed by atoms with E-state index in [1.165, 1.54) is 24.3 Å². The number of non-ortho nitro benzene ring substituents is 1. The summed E-state index contributed by atoms with van der Waals surface area (Å²) in [4.78, 5) is 22.2. The van der Waals surface area contributed by atoms with Crippen LogP contribution in [0.4, 0.5) is 11.4 Å². The number of hydrogen-bond acceptors (Lipinski definition) is 6. The van der Waals surface area contributed by atoms with Gasteiger partial charge in [0.1, 0.15) is 5.75 Å². The van der Waals surface area contributed by atoms with E-state index in [0.717, 1.165) is 6.42 Å². The average molecular weight is 374 g/mol. The Bertz CT molecular complexity index is 778. The lowest BCUT2D eigenvalue weighted by Gasteiger charge is -2.12. The molecule has 2 aromatic rings. The second-order valence-electron chi connectivity index (χ2n) is 5.21. The Hall–Kier alpha value is -3.20. The first-order valence-electron chi connectivity index (χ1n) is 7.84. The molecule has 0 aliphatic heterocycles. The highest BCUT2D eigenvalue weighted by molar-refractivity contribution is 7.80. The smallest absolute Gasteiger partial charge is 0.269 e. The fraction of sp³-hybridized carbons (Fsp3) is 0.176. The third kappa shape index (κ3) is 5.71. The van der Waals surface area contributed by atoms with Crippen LogP contribution in [-0.4, -0.2) is 22.5 Å². The topological polar surface area (TPSA) is 106 Å². The zero-order chi connectivity index (χ0) is 18.9. The quantitative estimate of drug-likeness (QED) is 0.389. The molecule has 9 heteroatoms. The van der Waals surface area contributed by atoms with Crippen LogP contribution in [0.3, 0.4) is 0 Å². The standard InChI is InChI=1S/C17H18N4O4S/c1-2-11-25-15-9-3-12(4-10-15)16(22)18-17(26)20-19-13-5-7-14(8-6-13)21(23)24/h3-10,19H,2,11H2,1H3,(H2,18,20,22,26). The summed E-state index contributed by atoms with van der Waals surface area (Å²) in [6.07, 6.45) is 0.907. The number of thiocarbonyl (C=S) groups is 1. The first-order valence-corrected chi connectivity index (χ1v) is 8.25. The molecule has 0 atom stereocenters. The summed E-state index contributed by atoms with van der Waals surface area (Å²) in [6, 6.07) is 12.5. The summed E-state index contributed by atoms with van der Waals surface area (Å²) in [7, 11) is 0. The number of nitro benzene ring substituents is 1. The highest BCUT2D eigenvalue weighted by Crippen LogP contribution is 2.14. The van der Waals surface area contributed by atoms with Crippen molar-refractivity contribution in [2.75, 3.05) is 12.0 Å². The van der Waals surface area contributed by atoms with Gasteiger partial charge < -0.3 is 4.74 Å². The van der Waals surface area contributed by atoms with Gasteiger partial charge in [0, 0.05) is 17.7 Å². The maximum Gasteiger partial charge on any atom is 0.269 e. The Morgan fingerprint density at radius 3 is 2.38 bits per heavy atom. The van der Waals surface area contributed by atoms with Crippen LogP contribution in [0.1, 0.15) is 23.7 Å². The first-order chi connectivity index (χ1) is 12.5. The van der Waals surface area contributed by atoms with E-state index in [4.69, 9.17) is 17.0 Å². The van der Waals surface area contributed by atoms with Crippen molar-refractivity contribution in [3.05, 3.63) is 64.2 Å². The van der Waals surface area contributed by atoms with Crippen LogP contribution in [0.2, 0.25) is 0 Å². The molecule has 2 aromatic carbocycles. The zero-order valence-corrected chi connectivity index (χ0v) is 14.8. The van der Waals surface area contributed by atoms with Gasteiger partial charge in [0.25, 0.3) is 11.6 Å². The molecule has 0 unspecified atom stereocenters. The molecule has 0 radical (unpaired) electrons. The van der Waals surface area contributed by atoms with Gasteiger partial charge in [-0.1, -0.05) is 6.92 Å². The predicted molar refractivity (Wildman–Crippen MR) is 102 cm³/mol. The number of amides is 1. The summed E-state index contributed by atoms with van der Waals surface area (Å²) in [5, 5.41) is 13.2. The summed E-state index contributed by atoms with van der Waals surface area (Å²) in [6.45, 7) is 2.63. The van der Waals surface area contributed by atoms with E-state index in [2.05, 4.69) is 16.2 Å². The van der Waals surface area contributed by atoms with Crippen LogP contribution in [0.5, 0.6) is 5.75 Å². The zero-order valence-electron chi connectivity index (χ0n) is 14.0. The summed E-state index contributed by atoms with van der Waals surface area (Å²) in [5.41, 5.74) is 6.38. The molecule has 8 nitrogen and oxygen atoms in total. The number of hydrogen-bond donors (Lipinski definition) is 3. The molecule has 26 heavy (non-hydrogen) atoms. The maximum absolute atomic E-state index is 12.1. The van der Waals surface area contributed by atoms with Crippen LogP contribution < -0.4 is 20.9 Å². The third-order valence-corrected chi connectivity index (χ3v) is 3.42. The van der Waals surface area contributed by atoms with E-state index in [-0.39, 0.29) is 16.7 Å². The number of carbonyl (C=O) groups is 1. The molecule has 0 fully saturated rings. The number of hydrazine groups is 1. The highest BCUT2D eigenvalue weighted by Gasteiger charge is 2.08. The van der Waals surface area contributed by atoms with Crippen LogP contribution >= 0.6 is 12.2 Å². The Morgan fingerprint density at radius 2 is 1.81 bits per heavy atom. The fourth-order valence-corrected chi connectivity index (χ4v) is 2.07. The van der Waals surface area contributed by atoms with Crippen LogP contribution in [0.25, 0.3) is 0 Å². The average Bonchev–Trinajstić information content (AvgIpc) is 2.65. The van der Waals surface area contributed by atoms with Crippen molar-refractivity contribution in [3.8, 4) is 5.75 Å². The number of nitro groups is 1. The van der Waals surface area contributed by atoms with Gasteiger partial charge in [-0.25, -0.2) is 0 Å². The van der Waals surface area contributed by atoms with E-state index >= 15 is 0 Å². The van der Waals surface area contributed by atoms with Crippen molar-refractivity contribution in [2.45, 2.75) is 13.3 Å². The molecular formula is C17H18N4O4S. The molecule has 136 valence electrons. The van der Waals surface area contributed by atoms with Crippen molar-refractivity contribution in [1.82, 2.24) is 10.7 Å². The van der Waals surface area contributed by atoms with Crippen molar-refractivity contribution in [2.24, 2.45) is 0 Å². The van der Waals surface area contributed by atoms with Gasteiger partial charge in [-0.05, 0) is 55.0 Å². The Morgan fingerprint density at radius 1 is 1.15 bits per heavy atom. The van der Waals surface area contributed by atoms with Gasteiger partial charge >= 0.3 is 0 Å². The van der Waals surface area contributed by atoms with Crippen LogP contribution in [0.15, 0.2) is 48.5 Å². The Kier molecular flexibility index (Phi) is 6.86. The van der Waals surface area contributed by atoms with Gasteiger partial charge in [-0.15, -0.1) is 0 Å². The third-order valence-electron chi connectivity index (χ3n) is 3.21. The number of carbonyl (C=O) groups excluding carboxylic acids is 1. The first kappa shape index (κ1) is 19.1. The Labute approximate surface area is 155 Å². The number of benzene rings is 2. The second-order valence-corrected chi connectivity index (χ2v) is 5.62. The van der Waals surface area contributed by atoms with Gasteiger partial charge in [0.05, 0.1) is 17.2 Å². The molecule has 0 aliphatic rings. The highest BCUT2D eigenvalue weighted by atomic mass is 32.1. The predicted octanol–water partition coefficient (Wildman–Crippen LogP) is 3.02. The lowest BCUT2D eigenvalue weighted by molar-refractivity contribution is -0.384. The molecule has 0 saturated carbocycles. The van der Waals surface area contributed by atoms with Crippen LogP contribution in [0, 0.1) is 10.1 Å². The SMILES string of the molecule is CCCOc1ccc(C(=O)NC(=S)NNc2ccc([N+](=O)[O-])cc2)cc1. The second kappa shape index (κ2) is 9.33. The largest absolute Gasteiger partial charge is 0.494 e. The maximum atomic E-state index is 12.1. The van der Waals surface area contributed by atoms with Gasteiger partial charge in [0.2, 0.25) is 0 Å². The molecule has 0 spiro atoms. The monoisotopic (exact) mass is 374 g/mol. The van der Waals surface area contributed by atoms with E-state index in [1.807, 2.05) is 6.92 Å². The molecule has 2 rings (SSSR count). The van der Waals surface area contributed by atoms with E-state index in [0.29, 0.717) is 23.6 Å². The number of nitrogens with zero attached hydrogens (tertiary/aromatic N) is 1. The van der Waals surface area contributed by atoms with E-state index < -0.39 is 4.92 Å². The fourth-order valence-electron chi connectivity index (χ4n) is 1.92. The van der Waals surface area contributed by atoms with Crippen molar-refractivity contribution in [1.29, 1.82) is 0 Å². The molecule has 0 aromatic heterocycles. The Balaban J connectivity index is 1.83. The van der Waals surface area contributed by atoms with Gasteiger partial charge in [-0.3, -0.25) is 31.1 Å². The minimum absolute atomic E-state index is 0.0159. The summed E-state index contributed by atoms with van der Waals surface area (Å²) < 4.78 is 5.46. The van der Waals surface area contributed by atoms with Crippen LogP contribution in [-0.2, 0) is 0 Å². The lowest BCUT2D eigenvalue weighted by Crippen LogP contribution is -2.41. The summed E-state index contributed by atoms with van der Waals surface area (Å²) in [5.74, 6) is 0.332. The minimum Gasteiger partial charge on any atom is -0.494 e. The van der Waals surface area contributed by atoms with Crippen molar-refractivity contribution < 1.29 is 14.5 Å². The molecule has 1 amide bonds. The van der Waals surface area contributed by atoms with E-state index in [1.54, 1.807) is 24.3 Å². The van der Waals surface area contributed by atoms with Crippen molar-refractivity contribution in [3.63, 3.8) is 0 Å². The van der Waals surface area contributed by atoms with Gasteiger partial charge in [-0.2, -0.15) is 0 Å². The number of anilines is 1. The summed E-state index contributed by atoms with van der Waals surface area (Å²) >= 11 is 5.04. The minimum atomic E-state index is -0.485. The number of ether oxygens (including phenoxy) is 1. The molecule has 0 bridgehead atoms. The molecule has 0 aliphatic carbocycles. The molecular weight excluding hydrogens is 356 g/mol. The molecule has 3 N–H and O–H groups in total. The van der Waals surface area contributed by atoms with Crippen molar-refractivity contribution >= 4 is 34.6 Å². The molecule has 0 saturated heterocycles. The molecule has 0 heterocycles.